The number of pyridine rings is 1. The van der Waals surface area contributed by atoms with Crippen molar-refractivity contribution < 1.29 is 24.5 Å². The van der Waals surface area contributed by atoms with E-state index >= 15 is 0 Å². The predicted molar refractivity (Wildman–Crippen MR) is 68.6 cm³/mol. The highest BCUT2D eigenvalue weighted by atomic mass is 16.5. The van der Waals surface area contributed by atoms with Crippen LogP contribution in [-0.4, -0.2) is 57.9 Å². The Kier molecular flexibility index (Phi) is 4.04. The number of aliphatic hydroxyl groups is 1. The lowest BCUT2D eigenvalue weighted by Gasteiger charge is -2.21. The summed E-state index contributed by atoms with van der Waals surface area (Å²) in [6.07, 6.45) is 0.610. The zero-order chi connectivity index (χ0) is 14.7. The normalized spacial score (nSPS) is 21.6. The van der Waals surface area contributed by atoms with Gasteiger partial charge in [-0.05, 0) is 6.07 Å². The van der Waals surface area contributed by atoms with Gasteiger partial charge in [0.15, 0.2) is 0 Å². The zero-order valence-corrected chi connectivity index (χ0v) is 10.8. The highest BCUT2D eigenvalue weighted by Crippen LogP contribution is 2.20. The molecule has 3 N–H and O–H groups in total. The van der Waals surface area contributed by atoms with Gasteiger partial charge in [0.25, 0.3) is 0 Å². The number of nitrogens with zero attached hydrogens (tertiary/aromatic N) is 2. The van der Waals surface area contributed by atoms with Crippen LogP contribution in [0.4, 0.5) is 10.5 Å². The number of rotatable bonds is 3. The number of β-amino-alcohol motifs (C(OH)–C–C–N with tert-alkyl or cyclic N) is 1. The van der Waals surface area contributed by atoms with Gasteiger partial charge in [-0.2, -0.15) is 0 Å². The van der Waals surface area contributed by atoms with Crippen molar-refractivity contribution in [3.05, 3.63) is 18.3 Å². The Hall–Kier alpha value is -2.35. The van der Waals surface area contributed by atoms with Crippen LogP contribution >= 0.6 is 0 Å². The van der Waals surface area contributed by atoms with Crippen molar-refractivity contribution in [2.24, 2.45) is 0 Å². The monoisotopic (exact) mass is 281 g/mol. The molecule has 8 heteroatoms. The molecule has 0 bridgehead atoms. The Morgan fingerprint density at radius 1 is 1.50 bits per heavy atom. The quantitative estimate of drug-likeness (QED) is 0.726. The van der Waals surface area contributed by atoms with Crippen molar-refractivity contribution in [1.29, 1.82) is 0 Å². The standard InChI is InChI=1S/C12H15N3O5/c1-20-10-3-2-7(5-13-10)14-12(19)15-6-8(16)4-9(15)11(17)18/h2-3,5,8-9,16H,4,6H2,1H3,(H,14,19)(H,17,18)/t8-,9-/m1/s1. The molecule has 2 heterocycles. The second-order valence-corrected chi connectivity index (χ2v) is 4.42. The molecule has 1 saturated heterocycles. The van der Waals surface area contributed by atoms with Crippen molar-refractivity contribution in [2.45, 2.75) is 18.6 Å². The SMILES string of the molecule is COc1ccc(NC(=O)N2C[C@H](O)C[C@@H]2C(=O)O)cn1. The third-order valence-electron chi connectivity index (χ3n) is 3.02. The van der Waals surface area contributed by atoms with Crippen LogP contribution < -0.4 is 10.1 Å². The molecular formula is C12H15N3O5. The summed E-state index contributed by atoms with van der Waals surface area (Å²) in [5.74, 6) is -0.729. The van der Waals surface area contributed by atoms with Crippen LogP contribution in [0.2, 0.25) is 0 Å². The third kappa shape index (κ3) is 2.97. The van der Waals surface area contributed by atoms with E-state index in [4.69, 9.17) is 9.84 Å². The van der Waals surface area contributed by atoms with Crippen LogP contribution in [-0.2, 0) is 4.79 Å². The molecule has 2 rings (SSSR count). The number of aliphatic hydroxyl groups excluding tert-OH is 1. The first-order valence-electron chi connectivity index (χ1n) is 6.00. The van der Waals surface area contributed by atoms with Crippen molar-refractivity contribution in [1.82, 2.24) is 9.88 Å². The first-order valence-corrected chi connectivity index (χ1v) is 6.00. The van der Waals surface area contributed by atoms with Crippen LogP contribution in [0.25, 0.3) is 0 Å². The summed E-state index contributed by atoms with van der Waals surface area (Å²) in [4.78, 5) is 28.1. The number of ether oxygens (including phenoxy) is 1. The van der Waals surface area contributed by atoms with Gasteiger partial charge in [0.05, 0.1) is 25.1 Å². The van der Waals surface area contributed by atoms with Crippen molar-refractivity contribution >= 4 is 17.7 Å². The van der Waals surface area contributed by atoms with Crippen LogP contribution in [0, 0.1) is 0 Å². The lowest BCUT2D eigenvalue weighted by atomic mass is 10.2. The second kappa shape index (κ2) is 5.74. The maximum Gasteiger partial charge on any atom is 0.326 e. The molecule has 0 saturated carbocycles. The van der Waals surface area contributed by atoms with Gasteiger partial charge in [-0.25, -0.2) is 14.6 Å². The number of amides is 2. The van der Waals surface area contributed by atoms with Gasteiger partial charge in [-0.15, -0.1) is 0 Å². The predicted octanol–water partition coefficient (Wildman–Crippen LogP) is 0.142. The molecule has 1 aromatic heterocycles. The molecule has 0 aliphatic carbocycles. The van der Waals surface area contributed by atoms with E-state index in [1.54, 1.807) is 12.1 Å². The Morgan fingerprint density at radius 3 is 2.80 bits per heavy atom. The molecule has 0 spiro atoms. The largest absolute Gasteiger partial charge is 0.481 e. The number of hydrogen-bond donors (Lipinski definition) is 3. The number of urea groups is 1. The molecule has 20 heavy (non-hydrogen) atoms. The van der Waals surface area contributed by atoms with Gasteiger partial charge < -0.3 is 25.2 Å². The number of aromatic nitrogens is 1. The number of anilines is 1. The molecule has 108 valence electrons. The molecule has 0 aromatic carbocycles. The van der Waals surface area contributed by atoms with Crippen LogP contribution in [0.15, 0.2) is 18.3 Å². The first-order chi connectivity index (χ1) is 9.51. The fraction of sp³-hybridized carbons (Fsp3) is 0.417. The van der Waals surface area contributed by atoms with Gasteiger partial charge >= 0.3 is 12.0 Å². The Bertz CT molecular complexity index is 504. The van der Waals surface area contributed by atoms with Gasteiger partial charge in [-0.1, -0.05) is 0 Å². The van der Waals surface area contributed by atoms with Crippen molar-refractivity contribution in [3.8, 4) is 5.88 Å². The molecule has 1 fully saturated rings. The van der Waals surface area contributed by atoms with Crippen molar-refractivity contribution in [3.63, 3.8) is 0 Å². The number of carbonyl (C=O) groups excluding carboxylic acids is 1. The maximum atomic E-state index is 12.0. The van der Waals surface area contributed by atoms with E-state index in [1.165, 1.54) is 13.3 Å². The number of nitrogens with one attached hydrogen (secondary N) is 1. The fourth-order valence-corrected chi connectivity index (χ4v) is 2.04. The second-order valence-electron chi connectivity index (χ2n) is 4.42. The Morgan fingerprint density at radius 2 is 2.25 bits per heavy atom. The lowest BCUT2D eigenvalue weighted by Crippen LogP contribution is -2.43. The molecule has 0 radical (unpaired) electrons. The summed E-state index contributed by atoms with van der Waals surface area (Å²) in [6.45, 7) is -0.00756. The van der Waals surface area contributed by atoms with Crippen LogP contribution in [0.3, 0.4) is 0 Å². The number of carbonyl (C=O) groups is 2. The summed E-state index contributed by atoms with van der Waals surface area (Å²) in [5.41, 5.74) is 0.418. The fourth-order valence-electron chi connectivity index (χ4n) is 2.04. The molecule has 1 aliphatic rings. The summed E-state index contributed by atoms with van der Waals surface area (Å²) < 4.78 is 4.89. The summed E-state index contributed by atoms with van der Waals surface area (Å²) in [6, 6.07) is 1.56. The average Bonchev–Trinajstić information content (AvgIpc) is 2.82. The highest BCUT2D eigenvalue weighted by molar-refractivity contribution is 5.92. The third-order valence-corrected chi connectivity index (χ3v) is 3.02. The summed E-state index contributed by atoms with van der Waals surface area (Å²) in [7, 11) is 1.48. The minimum absolute atomic E-state index is 0.00756. The van der Waals surface area contributed by atoms with Gasteiger partial charge in [0, 0.05) is 19.0 Å². The maximum absolute atomic E-state index is 12.0. The number of likely N-dealkylation sites (tertiary alicyclic amines) is 1. The molecule has 0 unspecified atom stereocenters. The number of aliphatic carboxylic acids is 1. The van der Waals surface area contributed by atoms with E-state index in [-0.39, 0.29) is 13.0 Å². The van der Waals surface area contributed by atoms with Crippen LogP contribution in [0.1, 0.15) is 6.42 Å². The summed E-state index contributed by atoms with van der Waals surface area (Å²) in [5, 5.41) is 21.0. The number of methoxy groups -OCH3 is 1. The topological polar surface area (TPSA) is 112 Å². The number of carboxylic acids is 1. The highest BCUT2D eigenvalue weighted by Gasteiger charge is 2.38. The molecule has 1 aromatic rings. The van der Waals surface area contributed by atoms with Gasteiger partial charge in [-0.3, -0.25) is 0 Å². The van der Waals surface area contributed by atoms with E-state index in [0.29, 0.717) is 11.6 Å². The Labute approximate surface area is 115 Å². The van der Waals surface area contributed by atoms with E-state index in [2.05, 4.69) is 10.3 Å². The van der Waals surface area contributed by atoms with E-state index in [0.717, 1.165) is 4.90 Å². The number of carboxylic acid groups (broad SMARTS) is 1. The smallest absolute Gasteiger partial charge is 0.326 e. The average molecular weight is 281 g/mol. The van der Waals surface area contributed by atoms with E-state index < -0.39 is 24.1 Å². The minimum atomic E-state index is -1.13. The summed E-state index contributed by atoms with van der Waals surface area (Å²) >= 11 is 0. The van der Waals surface area contributed by atoms with E-state index in [9.17, 15) is 14.7 Å². The minimum Gasteiger partial charge on any atom is -0.481 e. The Balaban J connectivity index is 2.04. The molecule has 1 aliphatic heterocycles. The number of hydrogen-bond acceptors (Lipinski definition) is 5. The van der Waals surface area contributed by atoms with Gasteiger partial charge in [0.1, 0.15) is 6.04 Å². The molecule has 2 atom stereocenters. The lowest BCUT2D eigenvalue weighted by molar-refractivity contribution is -0.141. The first kappa shape index (κ1) is 14.1. The van der Waals surface area contributed by atoms with Gasteiger partial charge in [0.2, 0.25) is 5.88 Å². The molecular weight excluding hydrogens is 266 g/mol. The van der Waals surface area contributed by atoms with Crippen LogP contribution in [0.5, 0.6) is 5.88 Å². The van der Waals surface area contributed by atoms with Crippen molar-refractivity contribution in [2.75, 3.05) is 19.0 Å². The zero-order valence-electron chi connectivity index (χ0n) is 10.8. The molecule has 2 amide bonds. The van der Waals surface area contributed by atoms with E-state index in [1.807, 2.05) is 0 Å². The molecule has 8 nitrogen and oxygen atoms in total.